The van der Waals surface area contributed by atoms with Crippen molar-refractivity contribution >= 4 is 27.7 Å². The van der Waals surface area contributed by atoms with Gasteiger partial charge in [-0.3, -0.25) is 15.1 Å². The van der Waals surface area contributed by atoms with E-state index in [4.69, 9.17) is 5.84 Å². The zero-order chi connectivity index (χ0) is 26.6. The number of rotatable bonds is 7. The van der Waals surface area contributed by atoms with Crippen LogP contribution in [0.2, 0.25) is 0 Å². The van der Waals surface area contributed by atoms with Crippen LogP contribution in [-0.4, -0.2) is 65.4 Å². The Hall–Kier alpha value is -2.94. The fourth-order valence-corrected chi connectivity index (χ4v) is 5.73. The van der Waals surface area contributed by atoms with Crippen LogP contribution in [0.25, 0.3) is 0 Å². The van der Waals surface area contributed by atoms with Gasteiger partial charge in [-0.25, -0.2) is 15.3 Å². The summed E-state index contributed by atoms with van der Waals surface area (Å²) < 4.78 is 0.886. The summed E-state index contributed by atoms with van der Waals surface area (Å²) in [6.45, 7) is 10.0. The number of hydrogen-bond donors (Lipinski definition) is 2. The standard InChI is InChI=1S/C27H33BrN8O/c1-19(2)17-36(26-23(28)15-31-25(14-29)32-26)18-22(27(37)33-30)7-8-24(36)21-6-4-5-20(13-21)16-35-11-9-34(3)10-12-35/h4-8,13,15,18-19,24H,9-12,16-17,30H2,1-3H3/p+1. The predicted molar refractivity (Wildman–Crippen MR) is 147 cm³/mol. The Balaban J connectivity index is 1.83. The zero-order valence-corrected chi connectivity index (χ0v) is 23.1. The first-order chi connectivity index (χ1) is 17.8. The van der Waals surface area contributed by atoms with Gasteiger partial charge in [0.2, 0.25) is 5.82 Å². The van der Waals surface area contributed by atoms with E-state index in [1.165, 1.54) is 5.56 Å². The molecule has 2 aliphatic heterocycles. The highest BCUT2D eigenvalue weighted by atomic mass is 79.9. The third-order valence-electron chi connectivity index (χ3n) is 6.90. The Morgan fingerprint density at radius 2 is 2.08 bits per heavy atom. The molecule has 1 saturated heterocycles. The van der Waals surface area contributed by atoms with E-state index in [0.717, 1.165) is 38.3 Å². The first-order valence-electron chi connectivity index (χ1n) is 12.5. The summed E-state index contributed by atoms with van der Waals surface area (Å²) in [4.78, 5) is 26.3. The molecule has 0 saturated carbocycles. The smallest absolute Gasteiger partial charge is 0.270 e. The normalized spacial score (nSPS) is 22.5. The van der Waals surface area contributed by atoms with Gasteiger partial charge in [-0.1, -0.05) is 32.0 Å². The van der Waals surface area contributed by atoms with Crippen LogP contribution in [0, 0.1) is 17.2 Å². The molecule has 2 atom stereocenters. The van der Waals surface area contributed by atoms with Crippen LogP contribution in [-0.2, 0) is 11.3 Å². The number of halogens is 1. The van der Waals surface area contributed by atoms with Gasteiger partial charge in [-0.2, -0.15) is 10.2 Å². The number of nitrogens with one attached hydrogen (secondary N) is 1. The topological polar surface area (TPSA) is 111 Å². The molecule has 2 aromatic rings. The van der Waals surface area contributed by atoms with Crippen LogP contribution in [0.3, 0.4) is 0 Å². The second-order valence-corrected chi connectivity index (χ2v) is 11.0. The molecule has 3 heterocycles. The molecule has 3 N–H and O–H groups in total. The predicted octanol–water partition coefficient (Wildman–Crippen LogP) is 3.01. The minimum atomic E-state index is -0.379. The van der Waals surface area contributed by atoms with Crippen molar-refractivity contribution in [2.24, 2.45) is 11.8 Å². The van der Waals surface area contributed by atoms with Gasteiger partial charge in [0.25, 0.3) is 11.7 Å². The average Bonchev–Trinajstić information content (AvgIpc) is 2.89. The van der Waals surface area contributed by atoms with Crippen molar-refractivity contribution in [3.05, 3.63) is 75.8 Å². The number of hydrogen-bond acceptors (Lipinski definition) is 7. The van der Waals surface area contributed by atoms with E-state index in [0.29, 0.717) is 22.4 Å². The minimum absolute atomic E-state index is 0.0785. The van der Waals surface area contributed by atoms with E-state index in [1.807, 2.05) is 18.4 Å². The molecule has 1 amide bonds. The molecule has 0 radical (unpaired) electrons. The lowest BCUT2D eigenvalue weighted by Gasteiger charge is -2.42. The molecular formula is C27H34BrN8O+. The highest BCUT2D eigenvalue weighted by molar-refractivity contribution is 9.10. The highest BCUT2D eigenvalue weighted by Crippen LogP contribution is 2.43. The largest absolute Gasteiger partial charge is 0.304 e. The molecule has 1 aromatic heterocycles. The van der Waals surface area contributed by atoms with Gasteiger partial charge in [0.1, 0.15) is 22.8 Å². The quantitative estimate of drug-likeness (QED) is 0.230. The third kappa shape index (κ3) is 5.98. The summed E-state index contributed by atoms with van der Waals surface area (Å²) in [5, 5.41) is 9.57. The Morgan fingerprint density at radius 3 is 2.76 bits per heavy atom. The van der Waals surface area contributed by atoms with Gasteiger partial charge in [0.15, 0.2) is 0 Å². The number of aromatic nitrogens is 2. The second kappa shape index (κ2) is 11.6. The number of piperazine rings is 1. The Kier molecular flexibility index (Phi) is 8.52. The Labute approximate surface area is 227 Å². The fraction of sp³-hybridized carbons (Fsp3) is 0.407. The lowest BCUT2D eigenvalue weighted by molar-refractivity contribution is -0.117. The van der Waals surface area contributed by atoms with Crippen molar-refractivity contribution in [1.29, 1.82) is 5.26 Å². The monoisotopic (exact) mass is 565 g/mol. The summed E-state index contributed by atoms with van der Waals surface area (Å²) in [6, 6.07) is 10.5. The zero-order valence-electron chi connectivity index (χ0n) is 21.6. The maximum atomic E-state index is 12.7. The maximum Gasteiger partial charge on any atom is 0.270 e. The minimum Gasteiger partial charge on any atom is -0.304 e. The number of benzene rings is 1. The van der Waals surface area contributed by atoms with Gasteiger partial charge >= 0.3 is 0 Å². The van der Waals surface area contributed by atoms with E-state index in [-0.39, 0.29) is 28.2 Å². The highest BCUT2D eigenvalue weighted by Gasteiger charge is 2.44. The number of carbonyl (C=O) groups excluding carboxylic acids is 1. The van der Waals surface area contributed by atoms with Crippen LogP contribution < -0.4 is 15.8 Å². The van der Waals surface area contributed by atoms with Crippen LogP contribution in [0.5, 0.6) is 0 Å². The van der Waals surface area contributed by atoms with E-state index in [9.17, 15) is 10.1 Å². The molecule has 0 aliphatic carbocycles. The van der Waals surface area contributed by atoms with Crippen molar-refractivity contribution < 1.29 is 4.79 Å². The van der Waals surface area contributed by atoms with Crippen LogP contribution >= 0.6 is 15.9 Å². The van der Waals surface area contributed by atoms with Crippen molar-refractivity contribution in [2.45, 2.75) is 26.4 Å². The first kappa shape index (κ1) is 27.1. The first-order valence-corrected chi connectivity index (χ1v) is 13.3. The molecule has 194 valence electrons. The second-order valence-electron chi connectivity index (χ2n) is 10.2. The van der Waals surface area contributed by atoms with Crippen LogP contribution in [0.4, 0.5) is 5.82 Å². The number of amides is 1. The van der Waals surface area contributed by atoms with Crippen molar-refractivity contribution in [3.8, 4) is 6.07 Å². The van der Waals surface area contributed by atoms with Crippen molar-refractivity contribution in [2.75, 3.05) is 39.8 Å². The molecule has 0 spiro atoms. The van der Waals surface area contributed by atoms with Gasteiger partial charge in [0, 0.05) is 44.2 Å². The molecule has 0 bridgehead atoms. The van der Waals surface area contributed by atoms with E-state index < -0.39 is 0 Å². The average molecular weight is 567 g/mol. The summed E-state index contributed by atoms with van der Waals surface area (Å²) in [5.74, 6) is 6.07. The van der Waals surface area contributed by atoms with Gasteiger partial charge in [0.05, 0.1) is 18.3 Å². The lowest BCUT2D eigenvalue weighted by atomic mass is 9.94. The van der Waals surface area contributed by atoms with Gasteiger partial charge < -0.3 is 4.90 Å². The van der Waals surface area contributed by atoms with Gasteiger partial charge in [-0.05, 0) is 46.8 Å². The number of nitrogens with two attached hydrogens (primary N) is 1. The summed E-state index contributed by atoms with van der Waals surface area (Å²) in [7, 11) is 2.16. The molecule has 1 aromatic carbocycles. The van der Waals surface area contributed by atoms with E-state index in [2.05, 4.69) is 92.4 Å². The van der Waals surface area contributed by atoms with Crippen LogP contribution in [0.15, 0.2) is 58.9 Å². The van der Waals surface area contributed by atoms with Gasteiger partial charge in [-0.15, -0.1) is 0 Å². The molecule has 4 rings (SSSR count). The number of nitriles is 1. The maximum absolute atomic E-state index is 12.7. The number of likely N-dealkylation sites (N-methyl/N-ethyl adjacent to an activating group) is 1. The third-order valence-corrected chi connectivity index (χ3v) is 7.46. The van der Waals surface area contributed by atoms with E-state index in [1.54, 1.807) is 6.20 Å². The lowest BCUT2D eigenvalue weighted by Crippen LogP contribution is -2.52. The summed E-state index contributed by atoms with van der Waals surface area (Å²) in [5.41, 5.74) is 5.04. The number of quaternary nitrogens is 1. The molecule has 2 aliphatic rings. The van der Waals surface area contributed by atoms with Crippen LogP contribution in [0.1, 0.15) is 36.8 Å². The van der Waals surface area contributed by atoms with E-state index >= 15 is 0 Å². The SMILES string of the molecule is CC(C)C[N+]1(c2nc(C#N)ncc2Br)C=C(C(=O)NN)C=CC1c1cccc(CN2CCN(C)CC2)c1. The molecular weight excluding hydrogens is 532 g/mol. The van der Waals surface area contributed by atoms with Crippen molar-refractivity contribution in [1.82, 2.24) is 29.7 Å². The molecule has 37 heavy (non-hydrogen) atoms. The molecule has 9 nitrogen and oxygen atoms in total. The number of hydrazine groups is 1. The Morgan fingerprint density at radius 1 is 1.32 bits per heavy atom. The molecule has 1 fully saturated rings. The number of carbonyl (C=O) groups is 1. The molecule has 10 heteroatoms. The summed E-state index contributed by atoms with van der Waals surface area (Å²) in [6.07, 6.45) is 7.38. The van der Waals surface area contributed by atoms with Crippen molar-refractivity contribution in [3.63, 3.8) is 0 Å². The molecule has 2 unspecified atom stereocenters. The Bertz CT molecular complexity index is 1250. The number of nitrogens with zero attached hydrogens (tertiary/aromatic N) is 6. The summed E-state index contributed by atoms with van der Waals surface area (Å²) >= 11 is 3.64. The fourth-order valence-electron chi connectivity index (χ4n) is 5.21.